The zero-order valence-corrected chi connectivity index (χ0v) is 12.8. The van der Waals surface area contributed by atoms with Crippen LogP contribution in [0.4, 0.5) is 0 Å². The summed E-state index contributed by atoms with van der Waals surface area (Å²) in [5, 5.41) is 9.14. The number of hydrogen-bond donors (Lipinski definition) is 0. The van der Waals surface area contributed by atoms with Crippen LogP contribution in [0, 0.1) is 29.1 Å². The van der Waals surface area contributed by atoms with Gasteiger partial charge >= 0.3 is 0 Å². The maximum atomic E-state index is 12.3. The van der Waals surface area contributed by atoms with Gasteiger partial charge in [-0.3, -0.25) is 4.79 Å². The van der Waals surface area contributed by atoms with Crippen molar-refractivity contribution in [1.29, 1.82) is 5.26 Å². The minimum Gasteiger partial charge on any atom is -0.342 e. The molecule has 0 aliphatic carbocycles. The van der Waals surface area contributed by atoms with Gasteiger partial charge in [-0.05, 0) is 50.6 Å². The molecule has 0 N–H and O–H groups in total. The Hall–Kier alpha value is -1.08. The molecule has 4 heteroatoms. The Morgan fingerprint density at radius 3 is 2.30 bits per heavy atom. The molecule has 2 saturated heterocycles. The molecule has 2 aliphatic rings. The van der Waals surface area contributed by atoms with E-state index in [0.29, 0.717) is 0 Å². The zero-order valence-electron chi connectivity index (χ0n) is 12.8. The first-order chi connectivity index (χ1) is 9.61. The van der Waals surface area contributed by atoms with Crippen molar-refractivity contribution in [2.45, 2.75) is 39.5 Å². The van der Waals surface area contributed by atoms with E-state index in [0.717, 1.165) is 31.8 Å². The van der Waals surface area contributed by atoms with Crippen LogP contribution < -0.4 is 0 Å². The van der Waals surface area contributed by atoms with Crippen LogP contribution in [0.3, 0.4) is 0 Å². The van der Waals surface area contributed by atoms with Crippen LogP contribution in [0.1, 0.15) is 39.5 Å². The van der Waals surface area contributed by atoms with Gasteiger partial charge < -0.3 is 9.80 Å². The van der Waals surface area contributed by atoms with Gasteiger partial charge in [0.2, 0.25) is 5.91 Å². The molecule has 4 nitrogen and oxygen atoms in total. The second-order valence-corrected chi connectivity index (χ2v) is 6.63. The Morgan fingerprint density at radius 1 is 1.20 bits per heavy atom. The molecule has 20 heavy (non-hydrogen) atoms. The molecule has 0 aromatic heterocycles. The Morgan fingerprint density at radius 2 is 1.80 bits per heavy atom. The molecule has 0 spiro atoms. The SMILES string of the molecule is CC(C)C(C#N)C(=O)N1CCC(CN2CCCC2)CC1. The lowest BCUT2D eigenvalue weighted by Crippen LogP contribution is -2.44. The number of piperidine rings is 1. The zero-order chi connectivity index (χ0) is 14.5. The second-order valence-electron chi connectivity index (χ2n) is 6.63. The van der Waals surface area contributed by atoms with E-state index in [1.54, 1.807) is 0 Å². The van der Waals surface area contributed by atoms with Crippen molar-refractivity contribution >= 4 is 5.91 Å². The molecule has 2 fully saturated rings. The summed E-state index contributed by atoms with van der Waals surface area (Å²) < 4.78 is 0. The van der Waals surface area contributed by atoms with Crippen molar-refractivity contribution in [3.63, 3.8) is 0 Å². The Bertz CT molecular complexity index is 360. The molecule has 1 atom stereocenters. The van der Waals surface area contributed by atoms with E-state index in [2.05, 4.69) is 11.0 Å². The maximum absolute atomic E-state index is 12.3. The van der Waals surface area contributed by atoms with Crippen molar-refractivity contribution in [3.8, 4) is 6.07 Å². The van der Waals surface area contributed by atoms with Gasteiger partial charge in [0.05, 0.1) is 6.07 Å². The van der Waals surface area contributed by atoms with Gasteiger partial charge in [0.25, 0.3) is 0 Å². The van der Waals surface area contributed by atoms with E-state index < -0.39 is 5.92 Å². The van der Waals surface area contributed by atoms with Gasteiger partial charge in [-0.15, -0.1) is 0 Å². The van der Waals surface area contributed by atoms with Crippen molar-refractivity contribution in [2.75, 3.05) is 32.7 Å². The highest BCUT2D eigenvalue weighted by Gasteiger charge is 2.30. The summed E-state index contributed by atoms with van der Waals surface area (Å²) in [5.41, 5.74) is 0. The summed E-state index contributed by atoms with van der Waals surface area (Å²) >= 11 is 0. The van der Waals surface area contributed by atoms with Crippen LogP contribution in [0.2, 0.25) is 0 Å². The predicted octanol–water partition coefficient (Wildman–Crippen LogP) is 2.12. The molecule has 0 saturated carbocycles. The molecular formula is C16H27N3O. The van der Waals surface area contributed by atoms with Crippen molar-refractivity contribution in [1.82, 2.24) is 9.80 Å². The summed E-state index contributed by atoms with van der Waals surface area (Å²) in [5.74, 6) is 0.416. The standard InChI is InChI=1S/C16H27N3O/c1-13(2)15(11-17)16(20)19-9-5-14(6-10-19)12-18-7-3-4-8-18/h13-15H,3-10,12H2,1-2H3. The molecular weight excluding hydrogens is 250 g/mol. The van der Waals surface area contributed by atoms with Crippen molar-refractivity contribution in [3.05, 3.63) is 0 Å². The number of carbonyl (C=O) groups excluding carboxylic acids is 1. The molecule has 0 aromatic rings. The number of nitrogens with zero attached hydrogens (tertiary/aromatic N) is 3. The fourth-order valence-corrected chi connectivity index (χ4v) is 3.35. The minimum absolute atomic E-state index is 0.0436. The van der Waals surface area contributed by atoms with E-state index in [1.807, 2.05) is 18.7 Å². The Labute approximate surface area is 122 Å². The van der Waals surface area contributed by atoms with Gasteiger partial charge in [0, 0.05) is 19.6 Å². The molecule has 1 unspecified atom stereocenters. The third-order valence-corrected chi connectivity index (χ3v) is 4.71. The van der Waals surface area contributed by atoms with Gasteiger partial charge in [-0.2, -0.15) is 5.26 Å². The molecule has 112 valence electrons. The number of hydrogen-bond acceptors (Lipinski definition) is 3. The number of carbonyl (C=O) groups is 1. The fraction of sp³-hybridized carbons (Fsp3) is 0.875. The number of rotatable bonds is 4. The normalized spacial score (nSPS) is 23.0. The number of likely N-dealkylation sites (tertiary alicyclic amines) is 2. The molecule has 2 rings (SSSR count). The summed E-state index contributed by atoms with van der Waals surface area (Å²) in [6.07, 6.45) is 4.88. The third-order valence-electron chi connectivity index (χ3n) is 4.71. The third kappa shape index (κ3) is 3.73. The lowest BCUT2D eigenvalue weighted by atomic mass is 9.92. The predicted molar refractivity (Wildman–Crippen MR) is 78.9 cm³/mol. The Kier molecular flexibility index (Phi) is 5.42. The lowest BCUT2D eigenvalue weighted by molar-refractivity contribution is -0.136. The van der Waals surface area contributed by atoms with E-state index >= 15 is 0 Å². The van der Waals surface area contributed by atoms with E-state index in [4.69, 9.17) is 5.26 Å². The lowest BCUT2D eigenvalue weighted by Gasteiger charge is -2.35. The topological polar surface area (TPSA) is 47.3 Å². The highest BCUT2D eigenvalue weighted by atomic mass is 16.2. The quantitative estimate of drug-likeness (QED) is 0.791. The monoisotopic (exact) mass is 277 g/mol. The molecule has 1 amide bonds. The van der Waals surface area contributed by atoms with E-state index in [1.165, 1.54) is 32.5 Å². The van der Waals surface area contributed by atoms with Crippen LogP contribution in [0.5, 0.6) is 0 Å². The average molecular weight is 277 g/mol. The summed E-state index contributed by atoms with van der Waals surface area (Å²) in [7, 11) is 0. The fourth-order valence-electron chi connectivity index (χ4n) is 3.35. The van der Waals surface area contributed by atoms with Crippen LogP contribution in [-0.4, -0.2) is 48.4 Å². The van der Waals surface area contributed by atoms with Crippen LogP contribution in [-0.2, 0) is 4.79 Å². The van der Waals surface area contributed by atoms with Gasteiger partial charge in [0.15, 0.2) is 0 Å². The first-order valence-corrected chi connectivity index (χ1v) is 8.02. The molecule has 0 radical (unpaired) electrons. The second kappa shape index (κ2) is 7.08. The average Bonchev–Trinajstić information content (AvgIpc) is 2.92. The number of amides is 1. The Balaban J connectivity index is 1.78. The summed E-state index contributed by atoms with van der Waals surface area (Å²) in [6.45, 7) is 9.28. The largest absolute Gasteiger partial charge is 0.342 e. The maximum Gasteiger partial charge on any atom is 0.240 e. The van der Waals surface area contributed by atoms with Crippen molar-refractivity contribution < 1.29 is 4.79 Å². The first-order valence-electron chi connectivity index (χ1n) is 8.02. The van der Waals surface area contributed by atoms with Crippen LogP contribution in [0.15, 0.2) is 0 Å². The molecule has 0 bridgehead atoms. The van der Waals surface area contributed by atoms with E-state index in [9.17, 15) is 4.79 Å². The molecule has 2 aliphatic heterocycles. The minimum atomic E-state index is -0.467. The van der Waals surface area contributed by atoms with Gasteiger partial charge in [-0.1, -0.05) is 13.8 Å². The molecule has 0 aromatic carbocycles. The first kappa shape index (κ1) is 15.3. The highest BCUT2D eigenvalue weighted by Crippen LogP contribution is 2.23. The van der Waals surface area contributed by atoms with Gasteiger partial charge in [-0.25, -0.2) is 0 Å². The smallest absolute Gasteiger partial charge is 0.240 e. The molecule has 2 heterocycles. The van der Waals surface area contributed by atoms with E-state index in [-0.39, 0.29) is 11.8 Å². The van der Waals surface area contributed by atoms with Crippen LogP contribution >= 0.6 is 0 Å². The highest BCUT2D eigenvalue weighted by molar-refractivity contribution is 5.81. The summed E-state index contributed by atoms with van der Waals surface area (Å²) in [4.78, 5) is 16.8. The van der Waals surface area contributed by atoms with Crippen LogP contribution in [0.25, 0.3) is 0 Å². The van der Waals surface area contributed by atoms with Crippen molar-refractivity contribution in [2.24, 2.45) is 17.8 Å². The summed E-state index contributed by atoms with van der Waals surface area (Å²) in [6, 6.07) is 2.17. The number of nitriles is 1. The van der Waals surface area contributed by atoms with Gasteiger partial charge in [0.1, 0.15) is 5.92 Å².